The molecule has 102 valence electrons. The maximum atomic E-state index is 12.7. The monoisotopic (exact) mass is 336 g/mol. The van der Waals surface area contributed by atoms with Crippen LogP contribution in [-0.2, 0) is 0 Å². The molecule has 0 heterocycles. The van der Waals surface area contributed by atoms with Gasteiger partial charge in [0, 0.05) is 4.47 Å². The number of carbonyl (C=O) groups excluding carboxylic acids is 1. The Kier molecular flexibility index (Phi) is 4.47. The molecule has 0 saturated carbocycles. The van der Waals surface area contributed by atoms with E-state index in [2.05, 4.69) is 26.5 Å². The molecule has 0 saturated heterocycles. The molecule has 6 heteroatoms. The third-order valence-corrected chi connectivity index (χ3v) is 2.95. The van der Waals surface area contributed by atoms with Crippen LogP contribution in [0.25, 0.3) is 0 Å². The largest absolute Gasteiger partial charge is 0.507 e. The zero-order chi connectivity index (χ0) is 14.5. The second kappa shape index (κ2) is 6.29. The van der Waals surface area contributed by atoms with Gasteiger partial charge >= 0.3 is 0 Å². The summed E-state index contributed by atoms with van der Waals surface area (Å²) in [5.74, 6) is -1.02. The van der Waals surface area contributed by atoms with E-state index in [9.17, 15) is 14.3 Å². The van der Waals surface area contributed by atoms with Gasteiger partial charge in [-0.25, -0.2) is 9.82 Å². The molecule has 0 unspecified atom stereocenters. The van der Waals surface area contributed by atoms with Gasteiger partial charge in [-0.15, -0.1) is 0 Å². The molecule has 0 aliphatic rings. The fourth-order valence-corrected chi connectivity index (χ4v) is 1.83. The van der Waals surface area contributed by atoms with Gasteiger partial charge in [0.15, 0.2) is 0 Å². The smallest absolute Gasteiger partial charge is 0.275 e. The van der Waals surface area contributed by atoms with Crippen molar-refractivity contribution in [2.75, 3.05) is 0 Å². The van der Waals surface area contributed by atoms with Gasteiger partial charge in [0.2, 0.25) is 0 Å². The van der Waals surface area contributed by atoms with E-state index in [4.69, 9.17) is 0 Å². The molecular formula is C14H10BrFN2O2. The van der Waals surface area contributed by atoms with E-state index in [1.165, 1.54) is 42.6 Å². The number of phenols is 1. The average molecular weight is 337 g/mol. The highest BCUT2D eigenvalue weighted by Gasteiger charge is 2.10. The number of carbonyl (C=O) groups is 1. The highest BCUT2D eigenvalue weighted by molar-refractivity contribution is 9.10. The van der Waals surface area contributed by atoms with E-state index in [0.717, 1.165) is 0 Å². The first-order valence-corrected chi connectivity index (χ1v) is 6.43. The standard InChI is InChI=1S/C14H10BrFN2O2/c15-10-3-6-13(19)12(7-10)14(20)18-17-8-9-1-4-11(16)5-2-9/h1-8,19H,(H,18,20)/b17-8+. The van der Waals surface area contributed by atoms with Gasteiger partial charge in [-0.2, -0.15) is 5.10 Å². The summed E-state index contributed by atoms with van der Waals surface area (Å²) >= 11 is 3.21. The predicted octanol–water partition coefficient (Wildman–Crippen LogP) is 3.06. The average Bonchev–Trinajstić information content (AvgIpc) is 2.43. The molecule has 1 amide bonds. The number of phenolic OH excluding ortho intramolecular Hbond substituents is 1. The second-order valence-corrected chi connectivity index (χ2v) is 4.83. The van der Waals surface area contributed by atoms with Crippen LogP contribution < -0.4 is 5.43 Å². The number of benzene rings is 2. The van der Waals surface area contributed by atoms with E-state index in [1.807, 2.05) is 0 Å². The van der Waals surface area contributed by atoms with E-state index < -0.39 is 5.91 Å². The number of hydrazone groups is 1. The van der Waals surface area contributed by atoms with Crippen molar-refractivity contribution in [3.63, 3.8) is 0 Å². The first-order valence-electron chi connectivity index (χ1n) is 5.64. The van der Waals surface area contributed by atoms with Gasteiger partial charge in [-0.3, -0.25) is 4.79 Å². The Morgan fingerprint density at radius 1 is 1.25 bits per heavy atom. The number of halogens is 2. The van der Waals surface area contributed by atoms with Crippen LogP contribution in [0.3, 0.4) is 0 Å². The van der Waals surface area contributed by atoms with Gasteiger partial charge in [0.25, 0.3) is 5.91 Å². The lowest BCUT2D eigenvalue weighted by Gasteiger charge is -2.03. The molecular weight excluding hydrogens is 327 g/mol. The molecule has 0 atom stereocenters. The van der Waals surface area contributed by atoms with Crippen molar-refractivity contribution in [3.8, 4) is 5.75 Å². The summed E-state index contributed by atoms with van der Waals surface area (Å²) in [5, 5.41) is 13.3. The van der Waals surface area contributed by atoms with Crippen LogP contribution in [-0.4, -0.2) is 17.2 Å². The summed E-state index contributed by atoms with van der Waals surface area (Å²) in [6.07, 6.45) is 1.38. The lowest BCUT2D eigenvalue weighted by Crippen LogP contribution is -2.17. The number of hydrogen-bond donors (Lipinski definition) is 2. The summed E-state index contributed by atoms with van der Waals surface area (Å²) in [4.78, 5) is 11.8. The minimum absolute atomic E-state index is 0.107. The van der Waals surface area contributed by atoms with Crippen molar-refractivity contribution in [2.45, 2.75) is 0 Å². The van der Waals surface area contributed by atoms with Crippen LogP contribution in [0.15, 0.2) is 52.0 Å². The lowest BCUT2D eigenvalue weighted by molar-refractivity contribution is 0.0952. The minimum atomic E-state index is -0.540. The van der Waals surface area contributed by atoms with Gasteiger partial charge in [-0.1, -0.05) is 28.1 Å². The summed E-state index contributed by atoms with van der Waals surface area (Å²) in [6, 6.07) is 10.2. The Hall–Kier alpha value is -2.21. The normalized spacial score (nSPS) is 10.7. The van der Waals surface area contributed by atoms with E-state index in [-0.39, 0.29) is 17.1 Å². The van der Waals surface area contributed by atoms with Crippen molar-refractivity contribution in [2.24, 2.45) is 5.10 Å². The Balaban J connectivity index is 2.05. The number of hydrogen-bond acceptors (Lipinski definition) is 3. The minimum Gasteiger partial charge on any atom is -0.507 e. The highest BCUT2D eigenvalue weighted by Crippen LogP contribution is 2.21. The maximum Gasteiger partial charge on any atom is 0.275 e. The van der Waals surface area contributed by atoms with Crippen molar-refractivity contribution < 1.29 is 14.3 Å². The summed E-state index contributed by atoms with van der Waals surface area (Å²) < 4.78 is 13.4. The van der Waals surface area contributed by atoms with Crippen molar-refractivity contribution >= 4 is 28.1 Å². The quantitative estimate of drug-likeness (QED) is 0.668. The SMILES string of the molecule is O=C(N/N=C/c1ccc(F)cc1)c1cc(Br)ccc1O. The molecule has 2 N–H and O–H groups in total. The molecule has 0 aliphatic heterocycles. The zero-order valence-electron chi connectivity index (χ0n) is 10.2. The Bertz CT molecular complexity index is 657. The van der Waals surface area contributed by atoms with Crippen molar-refractivity contribution in [1.82, 2.24) is 5.43 Å². The van der Waals surface area contributed by atoms with Gasteiger partial charge in [0.05, 0.1) is 11.8 Å². The molecule has 0 radical (unpaired) electrons. The van der Waals surface area contributed by atoms with Gasteiger partial charge < -0.3 is 5.11 Å². The number of rotatable bonds is 3. The number of nitrogens with zero attached hydrogens (tertiary/aromatic N) is 1. The molecule has 0 aromatic heterocycles. The van der Waals surface area contributed by atoms with Gasteiger partial charge in [-0.05, 0) is 35.9 Å². The lowest BCUT2D eigenvalue weighted by atomic mass is 10.2. The van der Waals surface area contributed by atoms with E-state index in [0.29, 0.717) is 10.0 Å². The van der Waals surface area contributed by atoms with E-state index in [1.54, 1.807) is 6.07 Å². The third-order valence-electron chi connectivity index (χ3n) is 2.45. The number of amides is 1. The molecule has 4 nitrogen and oxygen atoms in total. The zero-order valence-corrected chi connectivity index (χ0v) is 11.8. The fourth-order valence-electron chi connectivity index (χ4n) is 1.46. The van der Waals surface area contributed by atoms with Crippen molar-refractivity contribution in [3.05, 3.63) is 63.9 Å². The van der Waals surface area contributed by atoms with Crippen LogP contribution in [0, 0.1) is 5.82 Å². The molecule has 0 fully saturated rings. The van der Waals surface area contributed by atoms with Crippen LogP contribution in [0.4, 0.5) is 4.39 Å². The molecule has 20 heavy (non-hydrogen) atoms. The van der Waals surface area contributed by atoms with Crippen molar-refractivity contribution in [1.29, 1.82) is 0 Å². The summed E-state index contributed by atoms with van der Waals surface area (Å²) in [7, 11) is 0. The summed E-state index contributed by atoms with van der Waals surface area (Å²) in [6.45, 7) is 0. The predicted molar refractivity (Wildman–Crippen MR) is 77.3 cm³/mol. The molecule has 0 spiro atoms. The highest BCUT2D eigenvalue weighted by atomic mass is 79.9. The third kappa shape index (κ3) is 3.64. The van der Waals surface area contributed by atoms with E-state index >= 15 is 0 Å². The van der Waals surface area contributed by atoms with Crippen LogP contribution in [0.1, 0.15) is 15.9 Å². The molecule has 2 aromatic rings. The summed E-state index contributed by atoms with van der Waals surface area (Å²) in [5.41, 5.74) is 3.04. The number of nitrogens with one attached hydrogen (secondary N) is 1. The first-order chi connectivity index (χ1) is 9.56. The molecule has 2 rings (SSSR count). The fraction of sp³-hybridized carbons (Fsp3) is 0. The Labute approximate surface area is 123 Å². The number of aromatic hydroxyl groups is 1. The Morgan fingerprint density at radius 2 is 1.95 bits per heavy atom. The second-order valence-electron chi connectivity index (χ2n) is 3.91. The van der Waals surface area contributed by atoms with Crippen LogP contribution >= 0.6 is 15.9 Å². The topological polar surface area (TPSA) is 61.7 Å². The molecule has 0 bridgehead atoms. The molecule has 0 aliphatic carbocycles. The molecule has 2 aromatic carbocycles. The van der Waals surface area contributed by atoms with Crippen LogP contribution in [0.5, 0.6) is 5.75 Å². The Morgan fingerprint density at radius 3 is 2.65 bits per heavy atom. The maximum absolute atomic E-state index is 12.7. The van der Waals surface area contributed by atoms with Crippen LogP contribution in [0.2, 0.25) is 0 Å². The van der Waals surface area contributed by atoms with Gasteiger partial charge in [0.1, 0.15) is 11.6 Å². The first kappa shape index (κ1) is 14.2.